The van der Waals surface area contributed by atoms with Gasteiger partial charge in [0, 0.05) is 5.82 Å². The lowest BCUT2D eigenvalue weighted by Gasteiger charge is -2.05. The third kappa shape index (κ3) is 1.94. The molecule has 0 spiro atoms. The predicted octanol–water partition coefficient (Wildman–Crippen LogP) is 0.950. The first-order chi connectivity index (χ1) is 5.22. The van der Waals surface area contributed by atoms with Crippen LogP contribution in [0.4, 0.5) is 0 Å². The summed E-state index contributed by atoms with van der Waals surface area (Å²) < 4.78 is 0. The summed E-state index contributed by atoms with van der Waals surface area (Å²) in [5.74, 6) is 0.257. The Morgan fingerprint density at radius 3 is 2.36 bits per heavy atom. The van der Waals surface area contributed by atoms with Crippen LogP contribution in [0.1, 0.15) is 18.3 Å². The number of carbonyl (C=O) groups is 1. The molecule has 1 aromatic carbocycles. The fourth-order valence-corrected chi connectivity index (χ4v) is 0.976. The molecule has 0 aliphatic heterocycles. The molecule has 0 aliphatic carbocycles. The number of Topliss-reactive ketones (excluding diaryl/α,β-unsaturated/α-hetero) is 1. The highest BCUT2D eigenvalue weighted by Crippen LogP contribution is 2.11. The van der Waals surface area contributed by atoms with E-state index in [0.29, 0.717) is 0 Å². The van der Waals surface area contributed by atoms with Crippen LogP contribution in [0.2, 0.25) is 0 Å². The van der Waals surface area contributed by atoms with Gasteiger partial charge >= 0.3 is 0 Å². The minimum atomic E-state index is 0.0381. The van der Waals surface area contributed by atoms with Gasteiger partial charge in [0.05, 0.1) is 0 Å². The van der Waals surface area contributed by atoms with Crippen molar-refractivity contribution in [1.82, 2.24) is 0 Å². The molecular formula is C9H11BO. The average Bonchev–Trinajstić information content (AvgIpc) is 2.05. The maximum atomic E-state index is 10.9. The Kier molecular flexibility index (Phi) is 2.47. The molecule has 0 saturated carbocycles. The molecule has 0 bridgehead atoms. The van der Waals surface area contributed by atoms with Gasteiger partial charge in [0.1, 0.15) is 13.6 Å². The molecule has 1 unspecified atom stereocenters. The molecule has 0 amide bonds. The van der Waals surface area contributed by atoms with Crippen molar-refractivity contribution in [1.29, 1.82) is 0 Å². The predicted molar refractivity (Wildman–Crippen MR) is 48.4 cm³/mol. The van der Waals surface area contributed by atoms with Gasteiger partial charge in [-0.2, -0.15) is 0 Å². The Morgan fingerprint density at radius 2 is 1.91 bits per heavy atom. The van der Waals surface area contributed by atoms with E-state index in [4.69, 9.17) is 0 Å². The first-order valence-corrected chi connectivity index (χ1v) is 3.77. The second-order valence-electron chi connectivity index (χ2n) is 2.74. The number of carbonyl (C=O) groups excluding carboxylic acids is 1. The number of rotatable bonds is 2. The maximum absolute atomic E-state index is 10.9. The van der Waals surface area contributed by atoms with Crippen molar-refractivity contribution in [2.24, 2.45) is 0 Å². The van der Waals surface area contributed by atoms with E-state index in [1.807, 2.05) is 38.2 Å². The molecule has 0 aromatic heterocycles. The third-order valence-electron chi connectivity index (χ3n) is 1.91. The van der Waals surface area contributed by atoms with E-state index in [2.05, 4.69) is 0 Å². The third-order valence-corrected chi connectivity index (χ3v) is 1.91. The topological polar surface area (TPSA) is 17.1 Å². The number of hydrogen-bond acceptors (Lipinski definition) is 1. The first-order valence-electron chi connectivity index (χ1n) is 3.77. The van der Waals surface area contributed by atoms with E-state index in [1.165, 1.54) is 0 Å². The SMILES string of the molecule is BC(C(C)=O)c1ccccc1. The summed E-state index contributed by atoms with van der Waals surface area (Å²) in [6.07, 6.45) is 0. The molecular weight excluding hydrogens is 135 g/mol. The lowest BCUT2D eigenvalue weighted by Crippen LogP contribution is -2.07. The van der Waals surface area contributed by atoms with Gasteiger partial charge in [-0.05, 0) is 12.5 Å². The van der Waals surface area contributed by atoms with E-state index >= 15 is 0 Å². The molecule has 1 rings (SSSR count). The molecule has 0 N–H and O–H groups in total. The van der Waals surface area contributed by atoms with Crippen LogP contribution in [0.25, 0.3) is 0 Å². The van der Waals surface area contributed by atoms with E-state index < -0.39 is 0 Å². The van der Waals surface area contributed by atoms with Crippen molar-refractivity contribution in [3.8, 4) is 0 Å². The van der Waals surface area contributed by atoms with Crippen LogP contribution < -0.4 is 0 Å². The molecule has 1 atom stereocenters. The Hall–Kier alpha value is -1.05. The molecule has 56 valence electrons. The fraction of sp³-hybridized carbons (Fsp3) is 0.222. The Balaban J connectivity index is 2.85. The summed E-state index contributed by atoms with van der Waals surface area (Å²) in [7, 11) is 1.93. The molecule has 2 heteroatoms. The number of hydrogen-bond donors (Lipinski definition) is 0. The fourth-order valence-electron chi connectivity index (χ4n) is 0.976. The van der Waals surface area contributed by atoms with E-state index in [1.54, 1.807) is 6.92 Å². The summed E-state index contributed by atoms with van der Waals surface area (Å²) in [5, 5.41) is 0. The summed E-state index contributed by atoms with van der Waals surface area (Å²) >= 11 is 0. The van der Waals surface area contributed by atoms with Gasteiger partial charge in [0.15, 0.2) is 0 Å². The second kappa shape index (κ2) is 3.38. The molecule has 0 saturated heterocycles. The highest BCUT2D eigenvalue weighted by Gasteiger charge is 2.08. The van der Waals surface area contributed by atoms with Gasteiger partial charge in [-0.1, -0.05) is 30.3 Å². The maximum Gasteiger partial charge on any atom is 0.129 e. The Morgan fingerprint density at radius 1 is 1.36 bits per heavy atom. The van der Waals surface area contributed by atoms with Gasteiger partial charge in [-0.15, -0.1) is 0 Å². The zero-order valence-corrected chi connectivity index (χ0v) is 6.87. The van der Waals surface area contributed by atoms with Gasteiger partial charge in [0.25, 0.3) is 0 Å². The van der Waals surface area contributed by atoms with Gasteiger partial charge in [0.2, 0.25) is 0 Å². The summed E-state index contributed by atoms with van der Waals surface area (Å²) in [5.41, 5.74) is 1.10. The monoisotopic (exact) mass is 146 g/mol. The van der Waals surface area contributed by atoms with Crippen LogP contribution in [0, 0.1) is 0 Å². The summed E-state index contributed by atoms with van der Waals surface area (Å²) in [4.78, 5) is 10.9. The normalized spacial score (nSPS) is 12.5. The first kappa shape index (κ1) is 8.06. The molecule has 1 aromatic rings. The van der Waals surface area contributed by atoms with Crippen molar-refractivity contribution in [2.75, 3.05) is 0 Å². The largest absolute Gasteiger partial charge is 0.300 e. The minimum absolute atomic E-state index is 0.0381. The molecule has 0 aliphatic rings. The highest BCUT2D eigenvalue weighted by atomic mass is 16.1. The van der Waals surface area contributed by atoms with Crippen LogP contribution in [0.5, 0.6) is 0 Å². The van der Waals surface area contributed by atoms with Crippen LogP contribution in [0.15, 0.2) is 30.3 Å². The molecule has 1 nitrogen and oxygen atoms in total. The van der Waals surface area contributed by atoms with E-state index in [9.17, 15) is 4.79 Å². The van der Waals surface area contributed by atoms with Crippen LogP contribution in [-0.4, -0.2) is 13.6 Å². The quantitative estimate of drug-likeness (QED) is 0.567. The van der Waals surface area contributed by atoms with Gasteiger partial charge in [-0.3, -0.25) is 0 Å². The lowest BCUT2D eigenvalue weighted by atomic mass is 9.78. The highest BCUT2D eigenvalue weighted by molar-refractivity contribution is 6.24. The van der Waals surface area contributed by atoms with Crippen LogP contribution >= 0.6 is 0 Å². The van der Waals surface area contributed by atoms with Crippen molar-refractivity contribution in [3.05, 3.63) is 35.9 Å². The lowest BCUT2D eigenvalue weighted by molar-refractivity contribution is -0.116. The zero-order chi connectivity index (χ0) is 8.27. The molecule has 0 fully saturated rings. The smallest absolute Gasteiger partial charge is 0.129 e. The molecule has 0 radical (unpaired) electrons. The second-order valence-corrected chi connectivity index (χ2v) is 2.74. The van der Waals surface area contributed by atoms with Crippen LogP contribution in [-0.2, 0) is 4.79 Å². The summed E-state index contributed by atoms with van der Waals surface area (Å²) in [6.45, 7) is 1.62. The Bertz CT molecular complexity index is 243. The molecule has 11 heavy (non-hydrogen) atoms. The molecule has 0 heterocycles. The van der Waals surface area contributed by atoms with Crippen molar-refractivity contribution < 1.29 is 4.79 Å². The van der Waals surface area contributed by atoms with Crippen molar-refractivity contribution in [3.63, 3.8) is 0 Å². The van der Waals surface area contributed by atoms with E-state index in [-0.39, 0.29) is 11.6 Å². The average molecular weight is 146 g/mol. The van der Waals surface area contributed by atoms with Gasteiger partial charge < -0.3 is 4.79 Å². The number of ketones is 1. The van der Waals surface area contributed by atoms with E-state index in [0.717, 1.165) is 5.56 Å². The van der Waals surface area contributed by atoms with Crippen molar-refractivity contribution in [2.45, 2.75) is 12.7 Å². The van der Waals surface area contributed by atoms with Crippen molar-refractivity contribution >= 4 is 13.6 Å². The Labute approximate surface area is 67.8 Å². The number of benzene rings is 1. The zero-order valence-electron chi connectivity index (χ0n) is 6.87. The minimum Gasteiger partial charge on any atom is -0.300 e. The standard InChI is InChI=1S/C9H11BO/c1-7(11)9(10)8-5-3-2-4-6-8/h2-6,9H,10H2,1H3. The summed E-state index contributed by atoms with van der Waals surface area (Å²) in [6, 6.07) is 9.82. The van der Waals surface area contributed by atoms with Gasteiger partial charge in [-0.25, -0.2) is 0 Å². The van der Waals surface area contributed by atoms with Crippen LogP contribution in [0.3, 0.4) is 0 Å².